The summed E-state index contributed by atoms with van der Waals surface area (Å²) in [4.78, 5) is 0. The second kappa shape index (κ2) is 104. The van der Waals surface area contributed by atoms with Crippen molar-refractivity contribution in [3.8, 4) is 0 Å². The molecule has 0 bridgehead atoms. The molecule has 0 N–H and O–H groups in total. The predicted octanol–water partition coefficient (Wildman–Crippen LogP) is 50.7. The van der Waals surface area contributed by atoms with Gasteiger partial charge in [0.25, 0.3) is 0 Å². The van der Waals surface area contributed by atoms with Crippen molar-refractivity contribution < 1.29 is 66.8 Å². The van der Waals surface area contributed by atoms with Crippen molar-refractivity contribution in [1.82, 2.24) is 0 Å². The standard InChI is InChI=1S/4C30H66FO3PS2/c4*1-7-13-19-21-23-29-36(25-15-9-3,26-16-10-4)33-35(31,32)34-37(27-17-11-5,28-18-12-6)30-24-22-20-14-8-2/h4*7-30H2,1-6H3. The molecule has 0 aliphatic rings. The van der Waals surface area contributed by atoms with E-state index in [0.717, 1.165) is 446 Å². The van der Waals surface area contributed by atoms with Crippen LogP contribution in [0.5, 0.6) is 0 Å². The maximum Gasteiger partial charge on any atom is 0.532 e. The van der Waals surface area contributed by atoms with Gasteiger partial charge in [0.15, 0.2) is 0 Å². The Morgan fingerprint density at radius 3 is 0.236 bits per heavy atom. The quantitative estimate of drug-likeness (QED) is 0.0325. The fourth-order valence-electron chi connectivity index (χ4n) is 19.2. The second-order valence-corrected chi connectivity index (χ2v) is 77.4. The molecule has 0 aromatic carbocycles. The molecule has 0 amide bonds. The minimum atomic E-state index is -4.64. The van der Waals surface area contributed by atoms with E-state index >= 15 is 16.8 Å². The van der Waals surface area contributed by atoms with Gasteiger partial charge in [0.1, 0.15) is 0 Å². The molecular formula is C120H264F4O12P4S8. The summed E-state index contributed by atoms with van der Waals surface area (Å²) in [5.41, 5.74) is 0. The van der Waals surface area contributed by atoms with E-state index in [9.17, 15) is 18.3 Å². The number of rotatable bonds is 112. The van der Waals surface area contributed by atoms with E-state index in [4.69, 9.17) is 31.8 Å². The van der Waals surface area contributed by atoms with Gasteiger partial charge in [-0.3, -0.25) is 0 Å². The van der Waals surface area contributed by atoms with Crippen LogP contribution >= 0.6 is 114 Å². The molecule has 12 nitrogen and oxygen atoms in total. The van der Waals surface area contributed by atoms with Gasteiger partial charge in [-0.2, -0.15) is 0 Å². The van der Waals surface area contributed by atoms with E-state index in [2.05, 4.69) is 166 Å². The Labute approximate surface area is 939 Å². The number of hydrogen-bond donors (Lipinski definition) is 0. The van der Waals surface area contributed by atoms with Crippen molar-refractivity contribution in [3.05, 3.63) is 0 Å². The molecule has 0 radical (unpaired) electrons. The molecule has 912 valence electrons. The Balaban J connectivity index is -0.000000934. The van der Waals surface area contributed by atoms with Gasteiger partial charge in [-0.25, -0.2) is 50.0 Å². The first-order chi connectivity index (χ1) is 71.1. The van der Waals surface area contributed by atoms with Gasteiger partial charge in [0.05, 0.1) is 0 Å². The summed E-state index contributed by atoms with van der Waals surface area (Å²) < 4.78 is 170. The van der Waals surface area contributed by atoms with E-state index in [1.807, 2.05) is 0 Å². The molecule has 28 heteroatoms. The Kier molecular flexibility index (Phi) is 111. The van der Waals surface area contributed by atoms with Crippen LogP contribution < -0.4 is 0 Å². The van der Waals surface area contributed by atoms with Gasteiger partial charge >= 0.3 is 31.6 Å². The van der Waals surface area contributed by atoms with Gasteiger partial charge in [-0.15, -0.1) is 99.3 Å². The van der Waals surface area contributed by atoms with Crippen molar-refractivity contribution in [2.45, 2.75) is 628 Å². The molecule has 0 spiro atoms. The summed E-state index contributed by atoms with van der Waals surface area (Å²) in [6.45, 7) is 52.7. The minimum Gasteiger partial charge on any atom is -0.233 e. The maximum absolute atomic E-state index is 16.2. The molecule has 0 aliphatic carbocycles. The zero-order valence-corrected chi connectivity index (χ0v) is 113. The Morgan fingerprint density at radius 1 is 0.108 bits per heavy atom. The highest BCUT2D eigenvalue weighted by Crippen LogP contribution is 2.78. The van der Waals surface area contributed by atoms with Crippen molar-refractivity contribution in [3.63, 3.8) is 0 Å². The molecule has 0 unspecified atom stereocenters. The molecule has 0 aromatic rings. The van der Waals surface area contributed by atoms with Crippen LogP contribution in [-0.4, -0.2) is 138 Å². The third-order valence-electron chi connectivity index (χ3n) is 28.9. The van der Waals surface area contributed by atoms with Crippen molar-refractivity contribution in [2.75, 3.05) is 138 Å². The minimum absolute atomic E-state index is 0.859. The SMILES string of the molecule is CCCCCCCS(CCCC)(CCCC)OP(=O)(F)OS(CCCC)(CCCC)CCCCCCC.CCCCCCCS(CCCC)(CCCC)OP(=O)(F)OS(CCCC)(CCCC)CCCCCCC.CCCCCCCS(CCCC)(CCCC)OP(=O)(F)OS(CCCC)(CCCC)CCCCCCC.CCCCCCCS(CCCC)(CCCC)OP(=O)(F)OS(CCCC)(CCCC)CCCCCCC. The fourth-order valence-corrected chi connectivity index (χ4v) is 63.5. The van der Waals surface area contributed by atoms with Crippen LogP contribution in [0.15, 0.2) is 0 Å². The van der Waals surface area contributed by atoms with Crippen molar-refractivity contribution in [1.29, 1.82) is 0 Å². The summed E-state index contributed by atoms with van der Waals surface area (Å²) in [5, 5.41) is 0. The first-order valence-corrected chi connectivity index (χ1v) is 86.4. The first-order valence-electron chi connectivity index (χ1n) is 64.1. The van der Waals surface area contributed by atoms with Gasteiger partial charge in [0, 0.05) is 0 Å². The Morgan fingerprint density at radius 2 is 0.169 bits per heavy atom. The van der Waals surface area contributed by atoms with Crippen molar-refractivity contribution >= 4 is 114 Å². The lowest BCUT2D eigenvalue weighted by Crippen LogP contribution is -2.20. The van der Waals surface area contributed by atoms with Crippen LogP contribution in [0, 0.1) is 0 Å². The second-order valence-electron chi connectivity index (χ2n) is 43.9. The van der Waals surface area contributed by atoms with Gasteiger partial charge in [-0.1, -0.05) is 474 Å². The normalized spacial score (nSPS) is 13.8. The highest BCUT2D eigenvalue weighted by atomic mass is 32.3. The molecule has 148 heavy (non-hydrogen) atoms. The molecule has 0 aromatic heterocycles. The predicted molar refractivity (Wildman–Crippen MR) is 690 cm³/mol. The third kappa shape index (κ3) is 85.9. The van der Waals surface area contributed by atoms with E-state index in [1.54, 1.807) is 0 Å². The highest BCUT2D eigenvalue weighted by molar-refractivity contribution is 8.35. The molecular weight excluding hydrogens is 2090 g/mol. The third-order valence-corrected chi connectivity index (χ3v) is 69.5. The van der Waals surface area contributed by atoms with Crippen molar-refractivity contribution in [2.24, 2.45) is 0 Å². The lowest BCUT2D eigenvalue weighted by molar-refractivity contribution is 0.361. The summed E-state index contributed by atoms with van der Waals surface area (Å²) in [6.07, 6.45) is 80.0. The zero-order chi connectivity index (χ0) is 112. The fraction of sp³-hybridized carbons (Fsp3) is 1.00. The van der Waals surface area contributed by atoms with E-state index < -0.39 is 114 Å². The lowest BCUT2D eigenvalue weighted by atomic mass is 10.2. The van der Waals surface area contributed by atoms with Crippen LogP contribution in [0.4, 0.5) is 16.8 Å². The van der Waals surface area contributed by atoms with Crippen LogP contribution in [0.25, 0.3) is 0 Å². The Bertz CT molecular complexity index is 2400. The molecule has 0 atom stereocenters. The summed E-state index contributed by atoms with van der Waals surface area (Å²) in [7, 11) is -32.7. The molecule has 0 rings (SSSR count). The monoisotopic (exact) mass is 2350 g/mol. The smallest absolute Gasteiger partial charge is 0.233 e. The van der Waals surface area contributed by atoms with Gasteiger partial charge < -0.3 is 0 Å². The van der Waals surface area contributed by atoms with E-state index in [1.165, 1.54) is 154 Å². The van der Waals surface area contributed by atoms with Gasteiger partial charge in [-0.05, 0) is 292 Å². The van der Waals surface area contributed by atoms with E-state index in [-0.39, 0.29) is 0 Å². The largest absolute Gasteiger partial charge is 0.532 e. The molecule has 0 heterocycles. The molecule has 0 saturated carbocycles. The summed E-state index contributed by atoms with van der Waals surface area (Å²) in [5.74, 6) is 20.7. The van der Waals surface area contributed by atoms with E-state index in [0.29, 0.717) is 0 Å². The first kappa shape index (κ1) is 157. The highest BCUT2D eigenvalue weighted by Gasteiger charge is 2.47. The molecule has 0 aliphatic heterocycles. The summed E-state index contributed by atoms with van der Waals surface area (Å²) >= 11 is 0. The lowest BCUT2D eigenvalue weighted by Gasteiger charge is -2.44. The number of unbranched alkanes of at least 4 members (excludes halogenated alkanes) is 48. The Hall–Kier alpha value is 3.12. The average Bonchev–Trinajstić information content (AvgIpc) is 0.815. The van der Waals surface area contributed by atoms with Crippen LogP contribution in [0.1, 0.15) is 628 Å². The maximum atomic E-state index is 16.2. The van der Waals surface area contributed by atoms with Crippen LogP contribution in [-0.2, 0) is 50.0 Å². The molecule has 0 saturated heterocycles. The van der Waals surface area contributed by atoms with Crippen LogP contribution in [0.2, 0.25) is 0 Å². The number of hydrogen-bond acceptors (Lipinski definition) is 12. The average molecular weight is 2360 g/mol. The summed E-state index contributed by atoms with van der Waals surface area (Å²) in [6, 6.07) is 0. The van der Waals surface area contributed by atoms with Crippen LogP contribution in [0.3, 0.4) is 0 Å². The molecule has 0 fully saturated rings. The number of halogens is 4. The topological polar surface area (TPSA) is 142 Å². The van der Waals surface area contributed by atoms with Gasteiger partial charge in [0.2, 0.25) is 0 Å². The zero-order valence-electron chi connectivity index (χ0n) is 103.